The van der Waals surface area contributed by atoms with Crippen LogP contribution in [0.1, 0.15) is 30.5 Å². The van der Waals surface area contributed by atoms with Gasteiger partial charge in [-0.15, -0.1) is 11.6 Å². The van der Waals surface area contributed by atoms with Crippen molar-refractivity contribution in [1.29, 1.82) is 0 Å². The summed E-state index contributed by atoms with van der Waals surface area (Å²) in [6, 6.07) is 6.16. The van der Waals surface area contributed by atoms with E-state index in [1.165, 1.54) is 6.26 Å². The van der Waals surface area contributed by atoms with Crippen molar-refractivity contribution < 1.29 is 8.42 Å². The Morgan fingerprint density at radius 1 is 1.28 bits per heavy atom. The van der Waals surface area contributed by atoms with Crippen LogP contribution in [0.4, 0.5) is 0 Å². The molecule has 2 nitrogen and oxygen atoms in total. The normalized spacial score (nSPS) is 14.6. The molecule has 18 heavy (non-hydrogen) atoms. The summed E-state index contributed by atoms with van der Waals surface area (Å²) in [6.07, 6.45) is 1.81. The molecule has 1 aromatic rings. The van der Waals surface area contributed by atoms with E-state index in [2.05, 4.69) is 6.07 Å². The van der Waals surface area contributed by atoms with E-state index in [1.54, 1.807) is 13.8 Å². The van der Waals surface area contributed by atoms with Crippen LogP contribution in [0.25, 0.3) is 0 Å². The molecule has 0 fully saturated rings. The summed E-state index contributed by atoms with van der Waals surface area (Å²) in [4.78, 5) is 0. The highest BCUT2D eigenvalue weighted by Crippen LogP contribution is 2.28. The molecular formula is C14H21ClO2S. The highest BCUT2D eigenvalue weighted by Gasteiger charge is 2.37. The van der Waals surface area contributed by atoms with E-state index in [1.807, 2.05) is 26.0 Å². The second kappa shape index (κ2) is 5.22. The minimum Gasteiger partial charge on any atom is -0.229 e. The lowest BCUT2D eigenvalue weighted by molar-refractivity contribution is 0.536. The van der Waals surface area contributed by atoms with Crippen LogP contribution >= 0.6 is 11.6 Å². The zero-order valence-electron chi connectivity index (χ0n) is 11.6. The maximum Gasteiger partial charge on any atom is 0.154 e. The lowest BCUT2D eigenvalue weighted by Gasteiger charge is -2.28. The lowest BCUT2D eigenvalue weighted by atomic mass is 9.96. The van der Waals surface area contributed by atoms with Crippen LogP contribution in [0.3, 0.4) is 0 Å². The quantitative estimate of drug-likeness (QED) is 0.797. The van der Waals surface area contributed by atoms with Gasteiger partial charge in [-0.05, 0) is 45.2 Å². The molecule has 4 heteroatoms. The molecule has 0 aliphatic rings. The lowest BCUT2D eigenvalue weighted by Crippen LogP contribution is -2.41. The van der Waals surface area contributed by atoms with Gasteiger partial charge in [0.2, 0.25) is 0 Å². The van der Waals surface area contributed by atoms with E-state index < -0.39 is 20.0 Å². The summed E-state index contributed by atoms with van der Waals surface area (Å²) < 4.78 is 22.6. The Balaban J connectivity index is 3.02. The average Bonchev–Trinajstić information content (AvgIpc) is 2.21. The monoisotopic (exact) mass is 288 g/mol. The number of alkyl halides is 1. The van der Waals surface area contributed by atoms with Gasteiger partial charge >= 0.3 is 0 Å². The smallest absolute Gasteiger partial charge is 0.154 e. The predicted molar refractivity (Wildman–Crippen MR) is 78.2 cm³/mol. The van der Waals surface area contributed by atoms with Gasteiger partial charge in [-0.25, -0.2) is 8.42 Å². The maximum absolute atomic E-state index is 11.8. The SMILES string of the molecule is Cc1ccc(C)c(CC(Cl)C(C)(C)S(C)(=O)=O)c1. The zero-order chi connectivity index (χ0) is 14.1. The molecule has 0 N–H and O–H groups in total. The Kier molecular flexibility index (Phi) is 4.50. The van der Waals surface area contributed by atoms with Gasteiger partial charge < -0.3 is 0 Å². The molecule has 0 aliphatic heterocycles. The molecule has 0 radical (unpaired) electrons. The Morgan fingerprint density at radius 3 is 2.33 bits per heavy atom. The van der Waals surface area contributed by atoms with Crippen LogP contribution in [-0.2, 0) is 16.3 Å². The van der Waals surface area contributed by atoms with Crippen molar-refractivity contribution in [2.45, 2.75) is 44.2 Å². The average molecular weight is 289 g/mol. The topological polar surface area (TPSA) is 34.1 Å². The van der Waals surface area contributed by atoms with Crippen molar-refractivity contribution in [3.63, 3.8) is 0 Å². The molecule has 0 heterocycles. The molecule has 1 unspecified atom stereocenters. The van der Waals surface area contributed by atoms with E-state index in [4.69, 9.17) is 11.6 Å². The molecule has 102 valence electrons. The van der Waals surface area contributed by atoms with Crippen LogP contribution in [-0.4, -0.2) is 24.8 Å². The standard InChI is InChI=1S/C14H21ClO2S/c1-10-6-7-11(2)12(8-10)9-13(15)14(3,4)18(5,16)17/h6-8,13H,9H2,1-5H3. The minimum atomic E-state index is -3.18. The molecule has 0 bridgehead atoms. The van der Waals surface area contributed by atoms with Crippen LogP contribution in [0.5, 0.6) is 0 Å². The van der Waals surface area contributed by atoms with Gasteiger partial charge in [0.1, 0.15) is 0 Å². The van der Waals surface area contributed by atoms with Crippen molar-refractivity contribution in [3.05, 3.63) is 34.9 Å². The van der Waals surface area contributed by atoms with Gasteiger partial charge in [0.05, 0.1) is 10.1 Å². The van der Waals surface area contributed by atoms with Gasteiger partial charge in [0.25, 0.3) is 0 Å². The molecular weight excluding hydrogens is 268 g/mol. The Labute approximate surface area is 115 Å². The van der Waals surface area contributed by atoms with E-state index in [0.717, 1.165) is 16.7 Å². The zero-order valence-corrected chi connectivity index (χ0v) is 13.2. The third-order valence-electron chi connectivity index (χ3n) is 3.61. The highest BCUT2D eigenvalue weighted by molar-refractivity contribution is 7.92. The largest absolute Gasteiger partial charge is 0.229 e. The first-order chi connectivity index (χ1) is 8.05. The highest BCUT2D eigenvalue weighted by atomic mass is 35.5. The summed E-state index contributed by atoms with van der Waals surface area (Å²) in [6.45, 7) is 7.41. The fourth-order valence-electron chi connectivity index (χ4n) is 1.69. The Hall–Kier alpha value is -0.540. The number of sulfone groups is 1. The molecule has 0 amide bonds. The molecule has 0 saturated carbocycles. The van der Waals surface area contributed by atoms with Gasteiger partial charge in [-0.3, -0.25) is 0 Å². The molecule has 0 spiro atoms. The fourth-order valence-corrected chi connectivity index (χ4v) is 2.89. The van der Waals surface area contributed by atoms with Gasteiger partial charge in [-0.1, -0.05) is 23.8 Å². The number of hydrogen-bond donors (Lipinski definition) is 0. The van der Waals surface area contributed by atoms with E-state index >= 15 is 0 Å². The van der Waals surface area contributed by atoms with Crippen LogP contribution < -0.4 is 0 Å². The summed E-state index contributed by atoms with van der Waals surface area (Å²) in [7, 11) is -3.18. The first-order valence-electron chi connectivity index (χ1n) is 5.95. The van der Waals surface area contributed by atoms with Crippen molar-refractivity contribution in [3.8, 4) is 0 Å². The van der Waals surface area contributed by atoms with Crippen molar-refractivity contribution >= 4 is 21.4 Å². The number of aryl methyl sites for hydroxylation is 2. The van der Waals surface area contributed by atoms with Crippen LogP contribution in [0.2, 0.25) is 0 Å². The van der Waals surface area contributed by atoms with Crippen molar-refractivity contribution in [2.24, 2.45) is 0 Å². The molecule has 1 rings (SSSR count). The first kappa shape index (κ1) is 15.5. The number of hydrogen-bond acceptors (Lipinski definition) is 2. The predicted octanol–water partition coefficient (Wildman–Crippen LogP) is 3.28. The Morgan fingerprint density at radius 2 is 1.83 bits per heavy atom. The number of rotatable bonds is 4. The first-order valence-corrected chi connectivity index (χ1v) is 8.28. The second-order valence-corrected chi connectivity index (χ2v) is 8.60. The fraction of sp³-hybridized carbons (Fsp3) is 0.571. The number of benzene rings is 1. The van der Waals surface area contributed by atoms with Gasteiger partial charge in [0.15, 0.2) is 9.84 Å². The van der Waals surface area contributed by atoms with Crippen molar-refractivity contribution in [2.75, 3.05) is 6.26 Å². The third-order valence-corrected chi connectivity index (χ3v) is 6.64. The maximum atomic E-state index is 11.8. The van der Waals surface area contributed by atoms with Crippen LogP contribution in [0.15, 0.2) is 18.2 Å². The molecule has 0 aliphatic carbocycles. The summed E-state index contributed by atoms with van der Waals surface area (Å²) in [5.74, 6) is 0. The van der Waals surface area contributed by atoms with E-state index in [0.29, 0.717) is 6.42 Å². The van der Waals surface area contributed by atoms with Crippen LogP contribution in [0, 0.1) is 13.8 Å². The van der Waals surface area contributed by atoms with E-state index in [9.17, 15) is 8.42 Å². The summed E-state index contributed by atoms with van der Waals surface area (Å²) >= 11 is 6.34. The summed E-state index contributed by atoms with van der Waals surface area (Å²) in [5.41, 5.74) is 3.43. The molecule has 0 saturated heterocycles. The molecule has 0 aromatic heterocycles. The number of halogens is 1. The Bertz CT molecular complexity index is 533. The second-order valence-electron chi connectivity index (χ2n) is 5.48. The minimum absolute atomic E-state index is 0.437. The van der Waals surface area contributed by atoms with Gasteiger partial charge in [0, 0.05) is 6.26 Å². The van der Waals surface area contributed by atoms with Gasteiger partial charge in [-0.2, -0.15) is 0 Å². The van der Waals surface area contributed by atoms with E-state index in [-0.39, 0.29) is 0 Å². The molecule has 1 aromatic carbocycles. The molecule has 1 atom stereocenters. The van der Waals surface area contributed by atoms with Crippen molar-refractivity contribution in [1.82, 2.24) is 0 Å². The third kappa shape index (κ3) is 3.27. The summed E-state index contributed by atoms with van der Waals surface area (Å²) in [5, 5.41) is -0.437.